The van der Waals surface area contributed by atoms with Crippen LogP contribution in [-0.4, -0.2) is 88.4 Å². The normalized spacial score (nSPS) is 20.6. The Morgan fingerprint density at radius 1 is 1.20 bits per heavy atom. The van der Waals surface area contributed by atoms with E-state index in [1.807, 2.05) is 31.2 Å². The number of hydrogen-bond acceptors (Lipinski definition) is 7. The van der Waals surface area contributed by atoms with E-state index in [0.29, 0.717) is 5.75 Å². The van der Waals surface area contributed by atoms with Gasteiger partial charge in [0.2, 0.25) is 15.9 Å². The predicted molar refractivity (Wildman–Crippen MR) is 132 cm³/mol. The Morgan fingerprint density at radius 2 is 1.86 bits per heavy atom. The highest BCUT2D eigenvalue weighted by Gasteiger charge is 2.38. The molecule has 0 unspecified atom stereocenters. The van der Waals surface area contributed by atoms with E-state index in [1.165, 1.54) is 22.4 Å². The van der Waals surface area contributed by atoms with Crippen LogP contribution in [0.3, 0.4) is 0 Å². The third-order valence-corrected chi connectivity index (χ3v) is 8.26. The number of likely N-dealkylation sites (N-methyl/N-ethyl adjacent to an activating group) is 1. The van der Waals surface area contributed by atoms with Crippen molar-refractivity contribution in [2.45, 2.75) is 30.9 Å². The Hall–Kier alpha value is -2.66. The van der Waals surface area contributed by atoms with Crippen molar-refractivity contribution in [1.82, 2.24) is 9.21 Å². The average molecular weight is 507 g/mol. The van der Waals surface area contributed by atoms with E-state index in [-0.39, 0.29) is 48.8 Å². The Kier molecular flexibility index (Phi) is 8.76. The highest BCUT2D eigenvalue weighted by molar-refractivity contribution is 7.89. The number of carbonyl (C=O) groups is 1. The first-order valence-corrected chi connectivity index (χ1v) is 12.9. The first-order valence-electron chi connectivity index (χ1n) is 11.4. The van der Waals surface area contributed by atoms with Crippen LogP contribution in [0.1, 0.15) is 13.8 Å². The first-order chi connectivity index (χ1) is 16.6. The van der Waals surface area contributed by atoms with E-state index < -0.39 is 22.2 Å². The zero-order valence-electron chi connectivity index (χ0n) is 20.8. The minimum absolute atomic E-state index is 0.0258. The minimum Gasteiger partial charge on any atom is -0.497 e. The summed E-state index contributed by atoms with van der Waals surface area (Å²) in [4.78, 5) is 13.9. The number of aliphatic hydroxyl groups is 1. The lowest BCUT2D eigenvalue weighted by atomic mass is 10.0. The summed E-state index contributed by atoms with van der Waals surface area (Å²) >= 11 is 0. The monoisotopic (exact) mass is 506 g/mol. The van der Waals surface area contributed by atoms with Gasteiger partial charge in [-0.1, -0.05) is 25.1 Å². The second kappa shape index (κ2) is 11.4. The maximum Gasteiger partial charge on any atom is 0.248 e. The molecule has 0 aromatic heterocycles. The quantitative estimate of drug-likeness (QED) is 0.585. The van der Waals surface area contributed by atoms with Crippen LogP contribution in [0.2, 0.25) is 0 Å². The van der Waals surface area contributed by atoms with E-state index in [4.69, 9.17) is 14.2 Å². The topological polar surface area (TPSA) is 106 Å². The van der Waals surface area contributed by atoms with Gasteiger partial charge in [-0.05, 0) is 42.3 Å². The van der Waals surface area contributed by atoms with E-state index in [2.05, 4.69) is 0 Å². The van der Waals surface area contributed by atoms with Crippen LogP contribution < -0.4 is 9.47 Å². The Morgan fingerprint density at radius 3 is 2.46 bits per heavy atom. The molecule has 0 fully saturated rings. The van der Waals surface area contributed by atoms with Crippen molar-refractivity contribution in [1.29, 1.82) is 0 Å². The fourth-order valence-corrected chi connectivity index (χ4v) is 5.84. The van der Waals surface area contributed by atoms with Crippen molar-refractivity contribution in [3.05, 3.63) is 42.5 Å². The fraction of sp³-hybridized carbons (Fsp3) is 0.480. The van der Waals surface area contributed by atoms with Crippen molar-refractivity contribution in [2.75, 3.05) is 47.6 Å². The van der Waals surface area contributed by atoms with Gasteiger partial charge >= 0.3 is 0 Å². The van der Waals surface area contributed by atoms with Crippen molar-refractivity contribution in [2.24, 2.45) is 5.92 Å². The lowest BCUT2D eigenvalue weighted by Crippen LogP contribution is -2.50. The molecule has 0 saturated heterocycles. The van der Waals surface area contributed by atoms with E-state index >= 15 is 0 Å². The van der Waals surface area contributed by atoms with E-state index in [0.717, 1.165) is 11.1 Å². The summed E-state index contributed by atoms with van der Waals surface area (Å²) in [7, 11) is 0.763. The summed E-state index contributed by atoms with van der Waals surface area (Å²) in [5.74, 6) is 0.447. The number of carbonyl (C=O) groups excluding carboxylic acids is 1. The number of sulfonamides is 1. The number of aliphatic hydroxyl groups excluding tert-OH is 1. The van der Waals surface area contributed by atoms with Crippen LogP contribution in [0, 0.1) is 5.92 Å². The fourth-order valence-electron chi connectivity index (χ4n) is 4.01. The van der Waals surface area contributed by atoms with Gasteiger partial charge < -0.3 is 24.2 Å². The molecular weight excluding hydrogens is 472 g/mol. The zero-order chi connectivity index (χ0) is 25.8. The molecule has 1 amide bonds. The molecule has 192 valence electrons. The molecule has 0 radical (unpaired) electrons. The maximum absolute atomic E-state index is 13.6. The molecule has 2 aromatic rings. The molecule has 10 heteroatoms. The van der Waals surface area contributed by atoms with E-state index in [9.17, 15) is 18.3 Å². The molecule has 9 nitrogen and oxygen atoms in total. The lowest BCUT2D eigenvalue weighted by molar-refractivity contribution is -0.135. The standard InChI is InChI=1S/C25H34N2O7S/c1-17-13-27(18(2)15-28)35(30,31)24-11-8-20(19-6-9-21(33-5)10-7-19)12-22(24)34-23(17)14-26(3)25(29)16-32-4/h6-12,17-18,23,28H,13-16H2,1-5H3/t17-,18-,23+/m1/s1. The summed E-state index contributed by atoms with van der Waals surface area (Å²) in [6.07, 6.45) is -0.491. The van der Waals surface area contributed by atoms with Gasteiger partial charge in [-0.3, -0.25) is 4.79 Å². The average Bonchev–Trinajstić information content (AvgIpc) is 2.85. The van der Waals surface area contributed by atoms with Gasteiger partial charge in [0.25, 0.3) is 0 Å². The SMILES string of the molecule is COCC(=O)N(C)C[C@@H]1Oc2cc(-c3ccc(OC)cc3)ccc2S(=O)(=O)N([C@H](C)CO)C[C@H]1C. The number of ether oxygens (including phenoxy) is 3. The highest BCUT2D eigenvalue weighted by atomic mass is 32.2. The number of methoxy groups -OCH3 is 2. The molecule has 0 bridgehead atoms. The number of benzene rings is 2. The third-order valence-electron chi connectivity index (χ3n) is 6.24. The lowest BCUT2D eigenvalue weighted by Gasteiger charge is -2.37. The Balaban J connectivity index is 2.08. The summed E-state index contributed by atoms with van der Waals surface area (Å²) in [6, 6.07) is 11.8. The summed E-state index contributed by atoms with van der Waals surface area (Å²) < 4.78 is 45.1. The molecule has 3 rings (SSSR count). The number of nitrogens with zero attached hydrogens (tertiary/aromatic N) is 2. The molecule has 2 aromatic carbocycles. The van der Waals surface area contributed by atoms with Gasteiger partial charge in [-0.25, -0.2) is 8.42 Å². The molecule has 1 N–H and O–H groups in total. The zero-order valence-corrected chi connectivity index (χ0v) is 21.6. The largest absolute Gasteiger partial charge is 0.497 e. The van der Waals surface area contributed by atoms with Crippen LogP contribution in [-0.2, 0) is 19.6 Å². The van der Waals surface area contributed by atoms with Crippen LogP contribution in [0.5, 0.6) is 11.5 Å². The second-order valence-corrected chi connectivity index (χ2v) is 10.7. The molecule has 1 aliphatic rings. The van der Waals surface area contributed by atoms with Crippen LogP contribution >= 0.6 is 0 Å². The smallest absolute Gasteiger partial charge is 0.248 e. The molecule has 1 aliphatic heterocycles. The predicted octanol–water partition coefficient (Wildman–Crippen LogP) is 2.24. The van der Waals surface area contributed by atoms with Crippen LogP contribution in [0.15, 0.2) is 47.4 Å². The van der Waals surface area contributed by atoms with Crippen LogP contribution in [0.25, 0.3) is 11.1 Å². The molecule has 3 atom stereocenters. The Labute approximate surface area is 207 Å². The van der Waals surface area contributed by atoms with Gasteiger partial charge in [0.05, 0.1) is 20.3 Å². The summed E-state index contributed by atoms with van der Waals surface area (Å²) in [5, 5.41) is 9.78. The minimum atomic E-state index is -3.95. The van der Waals surface area contributed by atoms with Gasteiger partial charge in [0.1, 0.15) is 29.1 Å². The molecule has 1 heterocycles. The summed E-state index contributed by atoms with van der Waals surface area (Å²) in [5.41, 5.74) is 1.65. The van der Waals surface area contributed by atoms with Gasteiger partial charge in [0.15, 0.2) is 0 Å². The number of rotatable bonds is 8. The highest BCUT2D eigenvalue weighted by Crippen LogP contribution is 2.36. The molecule has 35 heavy (non-hydrogen) atoms. The second-order valence-electron chi connectivity index (χ2n) is 8.84. The van der Waals surface area contributed by atoms with Gasteiger partial charge in [0, 0.05) is 32.7 Å². The van der Waals surface area contributed by atoms with Crippen molar-refractivity contribution < 1.29 is 32.5 Å². The van der Waals surface area contributed by atoms with Gasteiger partial charge in [-0.15, -0.1) is 0 Å². The third kappa shape index (κ3) is 5.95. The van der Waals surface area contributed by atoms with Crippen molar-refractivity contribution >= 4 is 15.9 Å². The Bertz CT molecular complexity index is 1120. The van der Waals surface area contributed by atoms with E-state index in [1.54, 1.807) is 33.2 Å². The van der Waals surface area contributed by atoms with Crippen molar-refractivity contribution in [3.63, 3.8) is 0 Å². The first kappa shape index (κ1) is 26.9. The maximum atomic E-state index is 13.6. The van der Waals surface area contributed by atoms with Gasteiger partial charge in [-0.2, -0.15) is 4.31 Å². The molecular formula is C25H34N2O7S. The number of fused-ring (bicyclic) bond motifs is 1. The van der Waals surface area contributed by atoms with Crippen LogP contribution in [0.4, 0.5) is 0 Å². The number of hydrogen-bond donors (Lipinski definition) is 1. The molecule has 0 spiro atoms. The number of amides is 1. The summed E-state index contributed by atoms with van der Waals surface area (Å²) in [6.45, 7) is 3.56. The molecule has 0 saturated carbocycles. The van der Waals surface area contributed by atoms with Crippen molar-refractivity contribution in [3.8, 4) is 22.6 Å². The molecule has 0 aliphatic carbocycles.